The maximum Gasteiger partial charge on any atom is 0.338 e. The maximum atomic E-state index is 13.6. The SMILES string of the molecule is CCOC(=O)CCc1cc(C(=O)OCC)ccc1F. The van der Waals surface area contributed by atoms with Crippen molar-refractivity contribution in [1.29, 1.82) is 0 Å². The van der Waals surface area contributed by atoms with Crippen molar-refractivity contribution in [2.24, 2.45) is 0 Å². The molecule has 0 fully saturated rings. The molecule has 0 saturated heterocycles. The van der Waals surface area contributed by atoms with Crippen molar-refractivity contribution in [3.8, 4) is 0 Å². The number of carbonyl (C=O) groups excluding carboxylic acids is 2. The van der Waals surface area contributed by atoms with Gasteiger partial charge in [-0.1, -0.05) is 0 Å². The Balaban J connectivity index is 2.74. The predicted molar refractivity (Wildman–Crippen MR) is 67.3 cm³/mol. The Hall–Kier alpha value is -1.91. The number of ether oxygens (including phenoxy) is 2. The minimum Gasteiger partial charge on any atom is -0.466 e. The summed E-state index contributed by atoms with van der Waals surface area (Å²) in [6.07, 6.45) is 0.273. The van der Waals surface area contributed by atoms with Gasteiger partial charge in [0, 0.05) is 6.42 Å². The van der Waals surface area contributed by atoms with Crippen LogP contribution in [0.1, 0.15) is 36.2 Å². The number of hydrogen-bond donors (Lipinski definition) is 0. The highest BCUT2D eigenvalue weighted by molar-refractivity contribution is 5.89. The van der Waals surface area contributed by atoms with Crippen molar-refractivity contribution in [2.75, 3.05) is 13.2 Å². The second-order valence-corrected chi connectivity index (χ2v) is 3.83. The highest BCUT2D eigenvalue weighted by Crippen LogP contribution is 2.14. The van der Waals surface area contributed by atoms with Crippen LogP contribution in [-0.2, 0) is 20.7 Å². The Labute approximate surface area is 111 Å². The summed E-state index contributed by atoms with van der Waals surface area (Å²) >= 11 is 0. The molecule has 0 bridgehead atoms. The minimum absolute atomic E-state index is 0.0804. The molecule has 19 heavy (non-hydrogen) atoms. The fourth-order valence-corrected chi connectivity index (χ4v) is 1.58. The molecule has 0 radical (unpaired) electrons. The van der Waals surface area contributed by atoms with Gasteiger partial charge >= 0.3 is 11.9 Å². The summed E-state index contributed by atoms with van der Waals surface area (Å²) in [7, 11) is 0. The van der Waals surface area contributed by atoms with E-state index in [1.807, 2.05) is 0 Å². The van der Waals surface area contributed by atoms with Crippen molar-refractivity contribution >= 4 is 11.9 Å². The number of rotatable bonds is 6. The van der Waals surface area contributed by atoms with Gasteiger partial charge in [-0.2, -0.15) is 0 Å². The largest absolute Gasteiger partial charge is 0.466 e. The smallest absolute Gasteiger partial charge is 0.338 e. The molecule has 0 aliphatic rings. The summed E-state index contributed by atoms with van der Waals surface area (Å²) in [6, 6.07) is 3.97. The van der Waals surface area contributed by atoms with Crippen LogP contribution in [-0.4, -0.2) is 25.2 Å². The first-order chi connectivity index (χ1) is 9.08. The number of carbonyl (C=O) groups is 2. The van der Waals surface area contributed by atoms with E-state index < -0.39 is 11.8 Å². The predicted octanol–water partition coefficient (Wildman–Crippen LogP) is 2.50. The van der Waals surface area contributed by atoms with Crippen LogP contribution in [0.15, 0.2) is 18.2 Å². The summed E-state index contributed by atoms with van der Waals surface area (Å²) in [6.45, 7) is 3.96. The molecule has 0 saturated carbocycles. The van der Waals surface area contributed by atoms with Gasteiger partial charge in [0.05, 0.1) is 18.8 Å². The van der Waals surface area contributed by atoms with Crippen LogP contribution in [0.25, 0.3) is 0 Å². The highest BCUT2D eigenvalue weighted by atomic mass is 19.1. The summed E-state index contributed by atoms with van der Waals surface area (Å²) < 4.78 is 23.2. The molecule has 0 N–H and O–H groups in total. The van der Waals surface area contributed by atoms with Crippen molar-refractivity contribution in [2.45, 2.75) is 26.7 Å². The second-order valence-electron chi connectivity index (χ2n) is 3.83. The second kappa shape index (κ2) is 7.51. The molecule has 0 aliphatic heterocycles. The van der Waals surface area contributed by atoms with Gasteiger partial charge in [-0.15, -0.1) is 0 Å². The molecule has 0 spiro atoms. The quantitative estimate of drug-likeness (QED) is 0.744. The Kier molecular flexibility index (Phi) is 5.99. The van der Waals surface area contributed by atoms with E-state index in [9.17, 15) is 14.0 Å². The first kappa shape index (κ1) is 15.1. The molecule has 5 heteroatoms. The Morgan fingerprint density at radius 2 is 1.84 bits per heavy atom. The number of hydrogen-bond acceptors (Lipinski definition) is 4. The van der Waals surface area contributed by atoms with E-state index >= 15 is 0 Å². The molecule has 1 aromatic carbocycles. The van der Waals surface area contributed by atoms with E-state index in [1.54, 1.807) is 13.8 Å². The third-order valence-electron chi connectivity index (χ3n) is 2.46. The molecule has 4 nitrogen and oxygen atoms in total. The van der Waals surface area contributed by atoms with E-state index in [0.29, 0.717) is 12.2 Å². The molecule has 0 unspecified atom stereocenters. The summed E-state index contributed by atoms with van der Waals surface area (Å²) in [5.74, 6) is -1.33. The van der Waals surface area contributed by atoms with Crippen LogP contribution in [0.4, 0.5) is 4.39 Å². The molecule has 0 heterocycles. The van der Waals surface area contributed by atoms with E-state index in [4.69, 9.17) is 9.47 Å². The van der Waals surface area contributed by atoms with Crippen LogP contribution in [0.5, 0.6) is 0 Å². The van der Waals surface area contributed by atoms with Crippen molar-refractivity contribution in [1.82, 2.24) is 0 Å². The van der Waals surface area contributed by atoms with E-state index in [1.165, 1.54) is 18.2 Å². The molecule has 0 amide bonds. The fraction of sp³-hybridized carbons (Fsp3) is 0.429. The summed E-state index contributed by atoms with van der Waals surface area (Å²) in [4.78, 5) is 22.7. The summed E-state index contributed by atoms with van der Waals surface area (Å²) in [5.41, 5.74) is 0.584. The fourth-order valence-electron chi connectivity index (χ4n) is 1.58. The van der Waals surface area contributed by atoms with Gasteiger partial charge in [0.2, 0.25) is 0 Å². The maximum absolute atomic E-state index is 13.6. The highest BCUT2D eigenvalue weighted by Gasteiger charge is 2.12. The monoisotopic (exact) mass is 268 g/mol. The molecule has 1 aromatic rings. The lowest BCUT2D eigenvalue weighted by Gasteiger charge is -2.06. The zero-order valence-electron chi connectivity index (χ0n) is 11.1. The first-order valence-electron chi connectivity index (χ1n) is 6.19. The van der Waals surface area contributed by atoms with E-state index in [0.717, 1.165) is 0 Å². The lowest BCUT2D eigenvalue weighted by atomic mass is 10.1. The Morgan fingerprint density at radius 1 is 1.16 bits per heavy atom. The number of benzene rings is 1. The van der Waals surface area contributed by atoms with Gasteiger partial charge in [0.25, 0.3) is 0 Å². The average molecular weight is 268 g/mol. The van der Waals surface area contributed by atoms with Gasteiger partial charge < -0.3 is 9.47 Å². The van der Waals surface area contributed by atoms with E-state index in [-0.39, 0.29) is 31.0 Å². The van der Waals surface area contributed by atoms with Crippen LogP contribution in [0, 0.1) is 5.82 Å². The zero-order valence-corrected chi connectivity index (χ0v) is 11.1. The lowest BCUT2D eigenvalue weighted by molar-refractivity contribution is -0.143. The standard InChI is InChI=1S/C14H17FO4/c1-3-18-13(16)8-6-10-9-11(5-7-12(10)15)14(17)19-4-2/h5,7,9H,3-4,6,8H2,1-2H3. The lowest BCUT2D eigenvalue weighted by Crippen LogP contribution is -2.08. The van der Waals surface area contributed by atoms with Crippen LogP contribution in [0.2, 0.25) is 0 Å². The average Bonchev–Trinajstić information content (AvgIpc) is 2.38. The molecule has 1 rings (SSSR count). The first-order valence-corrected chi connectivity index (χ1v) is 6.19. The molecular formula is C14H17FO4. The molecule has 0 aromatic heterocycles. The molecular weight excluding hydrogens is 251 g/mol. The molecule has 0 atom stereocenters. The Bertz CT molecular complexity index is 457. The number of esters is 2. The van der Waals surface area contributed by atoms with Crippen molar-refractivity contribution in [3.05, 3.63) is 35.1 Å². The van der Waals surface area contributed by atoms with Crippen LogP contribution in [0.3, 0.4) is 0 Å². The van der Waals surface area contributed by atoms with Crippen LogP contribution < -0.4 is 0 Å². The third-order valence-corrected chi connectivity index (χ3v) is 2.46. The van der Waals surface area contributed by atoms with Gasteiger partial charge in [0.15, 0.2) is 0 Å². The topological polar surface area (TPSA) is 52.6 Å². The van der Waals surface area contributed by atoms with E-state index in [2.05, 4.69) is 0 Å². The van der Waals surface area contributed by atoms with Crippen molar-refractivity contribution in [3.63, 3.8) is 0 Å². The third kappa shape index (κ3) is 4.69. The summed E-state index contributed by atoms with van der Waals surface area (Å²) in [5, 5.41) is 0. The van der Waals surface area contributed by atoms with Crippen molar-refractivity contribution < 1.29 is 23.5 Å². The zero-order chi connectivity index (χ0) is 14.3. The van der Waals surface area contributed by atoms with Crippen LogP contribution >= 0.6 is 0 Å². The Morgan fingerprint density at radius 3 is 2.47 bits per heavy atom. The van der Waals surface area contributed by atoms with Gasteiger partial charge in [-0.05, 0) is 44.0 Å². The van der Waals surface area contributed by atoms with Gasteiger partial charge in [0.1, 0.15) is 5.82 Å². The minimum atomic E-state index is -0.500. The normalized spacial score (nSPS) is 10.1. The molecule has 104 valence electrons. The number of halogens is 1. The number of aryl methyl sites for hydroxylation is 1. The van der Waals surface area contributed by atoms with Gasteiger partial charge in [-0.3, -0.25) is 4.79 Å². The molecule has 0 aliphatic carbocycles. The van der Waals surface area contributed by atoms with Gasteiger partial charge in [-0.25, -0.2) is 9.18 Å².